The Kier molecular flexibility index (Phi) is 5.55. The van der Waals surface area contributed by atoms with Gasteiger partial charge >= 0.3 is 23.9 Å². The van der Waals surface area contributed by atoms with Crippen molar-refractivity contribution in [1.82, 2.24) is 0 Å². The lowest BCUT2D eigenvalue weighted by Crippen LogP contribution is -2.75. The van der Waals surface area contributed by atoms with Gasteiger partial charge in [0.1, 0.15) is 23.4 Å². The summed E-state index contributed by atoms with van der Waals surface area (Å²) in [6.07, 6.45) is 4.51. The largest absolute Gasteiger partial charge is 0.465 e. The van der Waals surface area contributed by atoms with E-state index in [2.05, 4.69) is 20.8 Å². The van der Waals surface area contributed by atoms with E-state index in [9.17, 15) is 19.2 Å². The maximum Gasteiger partial charge on any atom is 0.330 e. The van der Waals surface area contributed by atoms with Gasteiger partial charge in [0.15, 0.2) is 0 Å². The summed E-state index contributed by atoms with van der Waals surface area (Å²) >= 11 is 0. The fourth-order valence-electron chi connectivity index (χ4n) is 10.8. The number of rotatable bonds is 3. The molecule has 0 aromatic carbocycles. The molecule has 3 heterocycles. The number of carbonyl (C=O) groups excluding carboxylic acids is 4. The summed E-state index contributed by atoms with van der Waals surface area (Å²) in [7, 11) is 0. The Morgan fingerprint density at radius 1 is 1.03 bits per heavy atom. The number of esters is 4. The Balaban J connectivity index is 1.55. The van der Waals surface area contributed by atoms with E-state index < -0.39 is 58.1 Å². The molecule has 0 aromatic rings. The molecule has 0 amide bonds. The highest BCUT2D eigenvalue weighted by atomic mass is 16.6. The summed E-state index contributed by atoms with van der Waals surface area (Å²) in [6.45, 7) is 13.3. The predicted molar refractivity (Wildman–Crippen MR) is 136 cm³/mol. The van der Waals surface area contributed by atoms with E-state index in [0.29, 0.717) is 13.0 Å². The van der Waals surface area contributed by atoms with Crippen LogP contribution >= 0.6 is 0 Å². The van der Waals surface area contributed by atoms with Crippen LogP contribution in [0.5, 0.6) is 0 Å². The minimum absolute atomic E-state index is 0.0746. The number of ether oxygens (including phenoxy) is 5. The molecule has 2 saturated heterocycles. The van der Waals surface area contributed by atoms with Crippen molar-refractivity contribution in [2.24, 2.45) is 39.9 Å². The fourth-order valence-corrected chi connectivity index (χ4v) is 10.8. The molecule has 1 spiro atoms. The van der Waals surface area contributed by atoms with Crippen molar-refractivity contribution in [2.45, 2.75) is 104 Å². The van der Waals surface area contributed by atoms with Crippen LogP contribution in [0, 0.1) is 39.9 Å². The van der Waals surface area contributed by atoms with Gasteiger partial charge in [0.05, 0.1) is 19.1 Å². The summed E-state index contributed by atoms with van der Waals surface area (Å²) in [6, 6.07) is 0. The van der Waals surface area contributed by atoms with Crippen LogP contribution in [-0.4, -0.2) is 60.0 Å². The highest BCUT2D eigenvalue weighted by Crippen LogP contribution is 2.81. The third-order valence-corrected chi connectivity index (χ3v) is 11.7. The van der Waals surface area contributed by atoms with Crippen LogP contribution in [-0.2, 0) is 42.9 Å². The summed E-state index contributed by atoms with van der Waals surface area (Å²) in [5.74, 6) is -1.80. The van der Waals surface area contributed by atoms with Crippen molar-refractivity contribution in [3.8, 4) is 0 Å². The Hall–Kier alpha value is -2.42. The van der Waals surface area contributed by atoms with E-state index in [1.54, 1.807) is 0 Å². The minimum Gasteiger partial charge on any atom is -0.465 e. The minimum atomic E-state index is -1.02. The van der Waals surface area contributed by atoms with E-state index in [1.807, 2.05) is 19.9 Å². The molecule has 3 aliphatic heterocycles. The average Bonchev–Trinajstić information content (AvgIpc) is 3.33. The Morgan fingerprint density at radius 3 is 2.33 bits per heavy atom. The molecule has 0 unspecified atom stereocenters. The first kappa shape index (κ1) is 26.8. The molecule has 5 fully saturated rings. The maximum atomic E-state index is 12.8. The zero-order valence-electron chi connectivity index (χ0n) is 23.9. The zero-order valence-corrected chi connectivity index (χ0v) is 23.9. The Labute approximate surface area is 229 Å². The first-order valence-electron chi connectivity index (χ1n) is 14.2. The van der Waals surface area contributed by atoms with Crippen molar-refractivity contribution < 1.29 is 42.9 Å². The van der Waals surface area contributed by atoms with Gasteiger partial charge in [-0.3, -0.25) is 14.4 Å². The maximum absolute atomic E-state index is 12.8. The van der Waals surface area contributed by atoms with Gasteiger partial charge in [-0.25, -0.2) is 4.79 Å². The van der Waals surface area contributed by atoms with Gasteiger partial charge in [-0.1, -0.05) is 26.8 Å². The summed E-state index contributed by atoms with van der Waals surface area (Å²) in [5.41, 5.74) is -3.37. The number of hydrogen-bond donors (Lipinski definition) is 0. The van der Waals surface area contributed by atoms with Gasteiger partial charge in [-0.15, -0.1) is 0 Å². The van der Waals surface area contributed by atoms with Gasteiger partial charge in [-0.05, 0) is 50.4 Å². The highest BCUT2D eigenvalue weighted by Gasteiger charge is 2.88. The smallest absolute Gasteiger partial charge is 0.330 e. The van der Waals surface area contributed by atoms with Crippen LogP contribution in [0.4, 0.5) is 0 Å². The Bertz CT molecular complexity index is 1170. The van der Waals surface area contributed by atoms with Crippen molar-refractivity contribution in [3.05, 3.63) is 12.2 Å². The van der Waals surface area contributed by atoms with Crippen LogP contribution in [0.2, 0.25) is 0 Å². The monoisotopic (exact) mass is 544 g/mol. The fraction of sp³-hybridized carbons (Fsp3) is 0.800. The predicted octanol–water partition coefficient (Wildman–Crippen LogP) is 3.52. The lowest BCUT2D eigenvalue weighted by atomic mass is 9.37. The number of allylic oxidation sites excluding steroid dienone is 1. The van der Waals surface area contributed by atoms with Gasteiger partial charge in [0, 0.05) is 42.6 Å². The molecule has 3 saturated carbocycles. The van der Waals surface area contributed by atoms with E-state index in [0.717, 1.165) is 19.3 Å². The molecule has 11 atom stereocenters. The second-order valence-electron chi connectivity index (χ2n) is 13.9. The number of carbonyl (C=O) groups is 4. The summed E-state index contributed by atoms with van der Waals surface area (Å²) in [4.78, 5) is 50.2. The molecule has 0 aromatic heterocycles. The van der Waals surface area contributed by atoms with Gasteiger partial charge in [0.2, 0.25) is 0 Å². The number of fused-ring (bicyclic) bond motifs is 3. The quantitative estimate of drug-likeness (QED) is 0.299. The lowest BCUT2D eigenvalue weighted by Gasteiger charge is -2.68. The van der Waals surface area contributed by atoms with Crippen LogP contribution in [0.25, 0.3) is 0 Å². The van der Waals surface area contributed by atoms with Crippen molar-refractivity contribution in [1.29, 1.82) is 0 Å². The second-order valence-corrected chi connectivity index (χ2v) is 13.9. The van der Waals surface area contributed by atoms with Crippen LogP contribution in [0.3, 0.4) is 0 Å². The van der Waals surface area contributed by atoms with E-state index in [-0.39, 0.29) is 35.2 Å². The summed E-state index contributed by atoms with van der Waals surface area (Å²) in [5, 5.41) is 0. The number of hydrogen-bond acceptors (Lipinski definition) is 9. The molecular formula is C30H40O9. The molecule has 9 nitrogen and oxygen atoms in total. The third kappa shape index (κ3) is 3.28. The average molecular weight is 545 g/mol. The Morgan fingerprint density at radius 2 is 1.72 bits per heavy atom. The third-order valence-electron chi connectivity index (χ3n) is 11.7. The normalized spacial score (nSPS) is 50.8. The molecular weight excluding hydrogens is 504 g/mol. The molecule has 6 aliphatic rings. The van der Waals surface area contributed by atoms with Crippen molar-refractivity contribution in [3.63, 3.8) is 0 Å². The summed E-state index contributed by atoms with van der Waals surface area (Å²) < 4.78 is 30.4. The molecule has 0 radical (unpaired) electrons. The SMILES string of the molecule is CC(=O)O[C@H]1[C@@H](OC(C)=O)[C@]2(C)[C@H](CC[C@@]3(C)[C@H]([C@@H]4COC(=O)C4)C[C@@H]4O[C@]423)[C@@]2(C)C=CC(=O)OC(C)(C)[C@H]12. The molecule has 214 valence electrons. The van der Waals surface area contributed by atoms with Crippen LogP contribution in [0.15, 0.2) is 12.2 Å². The van der Waals surface area contributed by atoms with E-state index in [4.69, 9.17) is 23.7 Å². The first-order chi connectivity index (χ1) is 18.1. The standard InChI is InChI=1S/C30H40O9/c1-15(31)36-23-24-26(3,4)39-21(33)9-10-27(24,5)19-8-11-28(6)18(17-12-22(34)35-14-17)13-20-30(28,38-20)29(19,7)25(23)37-16(2)32/h9-10,17-20,23-25H,8,11-14H2,1-7H3/t17-,18-,19+,20-,23+,24-,25+,27+,28-,29-,30-/m0/s1. The second kappa shape index (κ2) is 8.08. The molecule has 0 bridgehead atoms. The van der Waals surface area contributed by atoms with E-state index >= 15 is 0 Å². The number of cyclic esters (lactones) is 2. The first-order valence-corrected chi connectivity index (χ1v) is 14.2. The lowest BCUT2D eigenvalue weighted by molar-refractivity contribution is -0.283. The molecule has 9 heteroatoms. The van der Waals surface area contributed by atoms with E-state index in [1.165, 1.54) is 19.9 Å². The topological polar surface area (TPSA) is 118 Å². The van der Waals surface area contributed by atoms with Crippen LogP contribution in [0.1, 0.15) is 74.1 Å². The molecule has 39 heavy (non-hydrogen) atoms. The van der Waals surface area contributed by atoms with Gasteiger partial charge in [0.25, 0.3) is 0 Å². The molecule has 3 aliphatic carbocycles. The molecule has 0 N–H and O–H groups in total. The van der Waals surface area contributed by atoms with Crippen molar-refractivity contribution in [2.75, 3.05) is 6.61 Å². The van der Waals surface area contributed by atoms with Crippen LogP contribution < -0.4 is 0 Å². The zero-order chi connectivity index (χ0) is 28.3. The number of epoxide rings is 1. The highest BCUT2D eigenvalue weighted by molar-refractivity contribution is 5.83. The van der Waals surface area contributed by atoms with Gasteiger partial charge < -0.3 is 23.7 Å². The van der Waals surface area contributed by atoms with Crippen molar-refractivity contribution >= 4 is 23.9 Å². The molecule has 6 rings (SSSR count). The van der Waals surface area contributed by atoms with Gasteiger partial charge in [-0.2, -0.15) is 0 Å².